The number of anilines is 1. The third-order valence-corrected chi connectivity index (χ3v) is 2.79. The molecule has 1 unspecified atom stereocenters. The van der Waals surface area contributed by atoms with E-state index in [1.54, 1.807) is 0 Å². The summed E-state index contributed by atoms with van der Waals surface area (Å²) in [7, 11) is 0. The molecule has 1 aromatic carbocycles. The van der Waals surface area contributed by atoms with Crippen LogP contribution in [-0.4, -0.2) is 13.7 Å². The van der Waals surface area contributed by atoms with E-state index in [1.807, 2.05) is 24.4 Å². The molecule has 0 saturated carbocycles. The summed E-state index contributed by atoms with van der Waals surface area (Å²) in [6.45, 7) is 5.03. The molecule has 5 nitrogen and oxygen atoms in total. The maximum Gasteiger partial charge on any atom is 0.0594 e. The van der Waals surface area contributed by atoms with Crippen molar-refractivity contribution >= 4 is 17.0 Å². The third-order valence-electron chi connectivity index (χ3n) is 2.79. The Morgan fingerprint density at radius 3 is 2.55 bits per heavy atom. The van der Waals surface area contributed by atoms with Gasteiger partial charge in [0.15, 0.2) is 0 Å². The van der Waals surface area contributed by atoms with Crippen LogP contribution in [0.25, 0.3) is 0 Å². The first-order valence-corrected chi connectivity index (χ1v) is 7.18. The molecule has 0 aliphatic carbocycles. The van der Waals surface area contributed by atoms with Gasteiger partial charge >= 0.3 is 0 Å². The van der Waals surface area contributed by atoms with Gasteiger partial charge in [-0.1, -0.05) is 18.2 Å². The topological polar surface area (TPSA) is 91.1 Å². The Kier molecular flexibility index (Phi) is 6.86. The Labute approximate surface area is 121 Å². The number of hydrogen-bond donors (Lipinski definition) is 2. The van der Waals surface area contributed by atoms with Gasteiger partial charge in [-0.25, -0.2) is 0 Å². The second-order valence-electron chi connectivity index (χ2n) is 4.18. The van der Waals surface area contributed by atoms with Gasteiger partial charge in [-0.05, 0) is 43.2 Å². The van der Waals surface area contributed by atoms with Crippen LogP contribution < -0.4 is 10.5 Å². The minimum Gasteiger partial charge on any atom is -0.760 e. The predicted octanol–water partition coefficient (Wildman–Crippen LogP) is 2.05. The smallest absolute Gasteiger partial charge is 0.0594 e. The molecule has 1 aromatic heterocycles. The van der Waals surface area contributed by atoms with Gasteiger partial charge in [0.25, 0.3) is 0 Å². The average Bonchev–Trinajstić information content (AvgIpc) is 2.41. The summed E-state index contributed by atoms with van der Waals surface area (Å²) < 4.78 is 17.6. The van der Waals surface area contributed by atoms with Gasteiger partial charge in [0.1, 0.15) is 0 Å². The Hall–Kier alpha value is -1.76. The highest BCUT2D eigenvalue weighted by molar-refractivity contribution is 7.76. The monoisotopic (exact) mass is 292 g/mol. The lowest BCUT2D eigenvalue weighted by Crippen LogP contribution is -2.03. The fraction of sp³-hybridized carbons (Fsp3) is 0.214. The summed E-state index contributed by atoms with van der Waals surface area (Å²) in [5.74, 6) is 0. The molecule has 108 valence electrons. The van der Waals surface area contributed by atoms with Crippen LogP contribution in [-0.2, 0) is 17.8 Å². The molecular formula is C14H18N3O2S-. The van der Waals surface area contributed by atoms with Crippen LogP contribution in [0.4, 0.5) is 5.69 Å². The van der Waals surface area contributed by atoms with Gasteiger partial charge in [0, 0.05) is 23.2 Å². The molecule has 2 aromatic rings. The molecule has 0 aliphatic heterocycles. The van der Waals surface area contributed by atoms with E-state index in [4.69, 9.17) is 8.76 Å². The summed E-state index contributed by atoms with van der Waals surface area (Å²) >= 11 is -2.36. The van der Waals surface area contributed by atoms with Crippen LogP contribution in [0.3, 0.4) is 0 Å². The maximum atomic E-state index is 8.78. The van der Waals surface area contributed by atoms with Gasteiger partial charge < -0.3 is 9.87 Å². The third kappa shape index (κ3) is 5.92. The van der Waals surface area contributed by atoms with Crippen LogP contribution in [0.2, 0.25) is 0 Å². The number of benzene rings is 1. The van der Waals surface area contributed by atoms with E-state index in [0.29, 0.717) is 0 Å². The highest BCUT2D eigenvalue weighted by Crippen LogP contribution is 2.18. The lowest BCUT2D eigenvalue weighted by Gasteiger charge is -2.10. The average molecular weight is 292 g/mol. The van der Waals surface area contributed by atoms with Crippen LogP contribution in [0.15, 0.2) is 42.6 Å². The van der Waals surface area contributed by atoms with Crippen LogP contribution in [0.5, 0.6) is 0 Å². The Morgan fingerprint density at radius 1 is 1.25 bits per heavy atom. The van der Waals surface area contributed by atoms with Crippen LogP contribution >= 0.6 is 0 Å². The molecule has 0 aliphatic rings. The molecule has 3 N–H and O–H groups in total. The first kappa shape index (κ1) is 16.3. The number of hydrogen-bond acceptors (Lipinski definition) is 4. The fourth-order valence-corrected chi connectivity index (χ4v) is 1.63. The highest BCUT2D eigenvalue weighted by atomic mass is 32.2. The highest BCUT2D eigenvalue weighted by Gasteiger charge is 2.00. The van der Waals surface area contributed by atoms with E-state index in [0.717, 1.165) is 12.2 Å². The molecule has 0 fully saturated rings. The normalized spacial score (nSPS) is 11.2. The van der Waals surface area contributed by atoms with E-state index >= 15 is 0 Å². The molecule has 0 bridgehead atoms. The predicted molar refractivity (Wildman–Crippen MR) is 80.6 cm³/mol. The SMILES string of the molecule is Cc1cccc(NCc2ccccn2)c1C.NS(=O)[O-]. The number of aryl methyl sites for hydroxylation is 1. The molecule has 6 heteroatoms. The maximum absolute atomic E-state index is 8.78. The quantitative estimate of drug-likeness (QED) is 0.847. The van der Waals surface area contributed by atoms with E-state index in [1.165, 1.54) is 16.8 Å². The standard InChI is InChI=1S/C14H16N2.H3NO2S/c1-11-6-5-8-14(12(11)2)16-10-13-7-3-4-9-15-13;1-4(2)3/h3-9,16H,10H2,1-2H3;1H2,(H,2,3)/p-1. The summed E-state index contributed by atoms with van der Waals surface area (Å²) in [5, 5.41) is 7.44. The van der Waals surface area contributed by atoms with Gasteiger partial charge in [-0.3, -0.25) is 14.3 Å². The molecule has 0 amide bonds. The van der Waals surface area contributed by atoms with Crippen molar-refractivity contribution in [3.05, 3.63) is 59.4 Å². The second-order valence-corrected chi connectivity index (χ2v) is 4.70. The van der Waals surface area contributed by atoms with Crippen molar-refractivity contribution in [3.63, 3.8) is 0 Å². The Balaban J connectivity index is 0.000000444. The second kappa shape index (κ2) is 8.42. The number of rotatable bonds is 3. The minimum atomic E-state index is -2.36. The largest absolute Gasteiger partial charge is 0.760 e. The molecule has 0 saturated heterocycles. The van der Waals surface area contributed by atoms with Crippen molar-refractivity contribution in [1.82, 2.24) is 4.98 Å². The first-order valence-electron chi connectivity index (χ1n) is 6.04. The summed E-state index contributed by atoms with van der Waals surface area (Å²) in [6, 6.07) is 12.3. The Morgan fingerprint density at radius 2 is 1.95 bits per heavy atom. The molecule has 20 heavy (non-hydrogen) atoms. The van der Waals surface area contributed by atoms with E-state index in [2.05, 4.69) is 47.5 Å². The minimum absolute atomic E-state index is 0.769. The van der Waals surface area contributed by atoms with E-state index < -0.39 is 11.3 Å². The van der Waals surface area contributed by atoms with Gasteiger partial charge in [0.05, 0.1) is 12.2 Å². The van der Waals surface area contributed by atoms with Crippen LogP contribution in [0, 0.1) is 13.8 Å². The molecule has 0 spiro atoms. The summed E-state index contributed by atoms with van der Waals surface area (Å²) in [6.07, 6.45) is 1.82. The summed E-state index contributed by atoms with van der Waals surface area (Å²) in [4.78, 5) is 4.28. The summed E-state index contributed by atoms with van der Waals surface area (Å²) in [5.41, 5.74) is 4.86. The lowest BCUT2D eigenvalue weighted by molar-refractivity contribution is 0.539. The fourth-order valence-electron chi connectivity index (χ4n) is 1.63. The van der Waals surface area contributed by atoms with Gasteiger partial charge in [-0.15, -0.1) is 0 Å². The zero-order valence-corrected chi connectivity index (χ0v) is 12.3. The zero-order chi connectivity index (χ0) is 15.0. The molecular weight excluding hydrogens is 274 g/mol. The first-order chi connectivity index (χ1) is 9.50. The van der Waals surface area contributed by atoms with Crippen LogP contribution in [0.1, 0.15) is 16.8 Å². The number of nitrogens with two attached hydrogens (primary N) is 1. The zero-order valence-electron chi connectivity index (χ0n) is 11.5. The van der Waals surface area contributed by atoms with Gasteiger partial charge in [-0.2, -0.15) is 0 Å². The van der Waals surface area contributed by atoms with Crippen molar-refractivity contribution in [2.24, 2.45) is 5.14 Å². The van der Waals surface area contributed by atoms with Gasteiger partial charge in [0.2, 0.25) is 0 Å². The van der Waals surface area contributed by atoms with Crippen molar-refractivity contribution < 1.29 is 8.76 Å². The molecule has 0 radical (unpaired) electrons. The molecule has 1 heterocycles. The Bertz CT molecular complexity index is 558. The molecule has 1 atom stereocenters. The van der Waals surface area contributed by atoms with Crippen molar-refractivity contribution in [2.75, 3.05) is 5.32 Å². The lowest BCUT2D eigenvalue weighted by atomic mass is 10.1. The van der Waals surface area contributed by atoms with Crippen molar-refractivity contribution in [2.45, 2.75) is 20.4 Å². The van der Waals surface area contributed by atoms with E-state index in [9.17, 15) is 0 Å². The molecule has 2 rings (SSSR count). The van der Waals surface area contributed by atoms with E-state index in [-0.39, 0.29) is 0 Å². The number of nitrogens with one attached hydrogen (secondary N) is 1. The van der Waals surface area contributed by atoms with Crippen molar-refractivity contribution in [3.8, 4) is 0 Å². The van der Waals surface area contributed by atoms with Crippen molar-refractivity contribution in [1.29, 1.82) is 0 Å². The number of nitrogens with zero attached hydrogens (tertiary/aromatic N) is 1. The number of pyridine rings is 1. The number of aromatic nitrogens is 1.